The highest BCUT2D eigenvalue weighted by molar-refractivity contribution is 5.95. The molecule has 4 N–H and O–H groups in total. The molecule has 0 radical (unpaired) electrons. The van der Waals surface area contributed by atoms with Gasteiger partial charge < -0.3 is 20.8 Å². The number of carbonyl (C=O) groups is 2. The Labute approximate surface area is 188 Å². The van der Waals surface area contributed by atoms with E-state index >= 15 is 0 Å². The van der Waals surface area contributed by atoms with Crippen molar-refractivity contribution in [3.63, 3.8) is 0 Å². The van der Waals surface area contributed by atoms with Gasteiger partial charge in [0.05, 0.1) is 7.11 Å². The maximum Gasteiger partial charge on any atom is 0.251 e. The zero-order chi connectivity index (χ0) is 20.2. The summed E-state index contributed by atoms with van der Waals surface area (Å²) in [6.45, 7) is 2.73. The minimum atomic E-state index is -0.0484. The number of fused-ring (bicyclic) bond motifs is 1. The highest BCUT2D eigenvalue weighted by Crippen LogP contribution is 2.25. The Hall–Kier alpha value is -2.61. The molecule has 0 saturated carbocycles. The van der Waals surface area contributed by atoms with Gasteiger partial charge in [0.2, 0.25) is 5.91 Å². The fourth-order valence-electron chi connectivity index (χ4n) is 4.04. The molecular formula is C23H30ClN3O4. The number of likely N-dealkylation sites (tertiary alicyclic amines) is 1. The third-order valence-corrected chi connectivity index (χ3v) is 5.73. The lowest BCUT2D eigenvalue weighted by Crippen LogP contribution is -2.44. The van der Waals surface area contributed by atoms with E-state index in [1.807, 2.05) is 18.2 Å². The van der Waals surface area contributed by atoms with E-state index in [0.717, 1.165) is 44.6 Å². The molecule has 2 heterocycles. The molecule has 2 aliphatic heterocycles. The van der Waals surface area contributed by atoms with Gasteiger partial charge in [-0.3, -0.25) is 14.5 Å². The maximum absolute atomic E-state index is 12.5. The lowest BCUT2D eigenvalue weighted by molar-refractivity contribution is -0.116. The quantitative estimate of drug-likeness (QED) is 0.735. The van der Waals surface area contributed by atoms with E-state index in [-0.39, 0.29) is 35.7 Å². The number of methoxy groups -OCH3 is 1. The Balaban J connectivity index is 0.00000171. The summed E-state index contributed by atoms with van der Waals surface area (Å²) in [6, 6.07) is 13.8. The van der Waals surface area contributed by atoms with Gasteiger partial charge in [-0.15, -0.1) is 12.4 Å². The largest absolute Gasteiger partial charge is 0.497 e. The minimum absolute atomic E-state index is 0. The molecule has 2 aromatic rings. The Morgan fingerprint density at radius 1 is 1.16 bits per heavy atom. The molecule has 7 nitrogen and oxygen atoms in total. The van der Waals surface area contributed by atoms with E-state index in [9.17, 15) is 9.59 Å². The standard InChI is InChI=1S/C23H27N3O3.ClH.H2O/c1-29-20-4-2-3-18(14-20)23(28)24-19-9-11-26(12-10-19)15-16-5-6-17-7-8-22(27)25-21(17)13-16;;/h2-6,13-14,19H,7-12,15H2,1H3,(H,24,28)(H,25,27);1H;1H2. The van der Waals surface area contributed by atoms with Crippen molar-refractivity contribution in [2.45, 2.75) is 38.3 Å². The molecule has 0 bridgehead atoms. The predicted octanol–water partition coefficient (Wildman–Crippen LogP) is 2.57. The summed E-state index contributed by atoms with van der Waals surface area (Å²) in [7, 11) is 1.60. The number of anilines is 1. The second-order valence-electron chi connectivity index (χ2n) is 7.80. The first-order chi connectivity index (χ1) is 14.1. The van der Waals surface area contributed by atoms with Crippen LogP contribution in [0.1, 0.15) is 40.7 Å². The Kier molecular flexibility index (Phi) is 8.86. The normalized spacial score (nSPS) is 16.2. The van der Waals surface area contributed by atoms with Crippen molar-refractivity contribution < 1.29 is 19.8 Å². The average molecular weight is 448 g/mol. The number of hydrogen-bond acceptors (Lipinski definition) is 4. The van der Waals surface area contributed by atoms with Crippen LogP contribution in [-0.4, -0.2) is 48.4 Å². The zero-order valence-electron chi connectivity index (χ0n) is 17.6. The van der Waals surface area contributed by atoms with Crippen LogP contribution in [0.4, 0.5) is 5.69 Å². The lowest BCUT2D eigenvalue weighted by atomic mass is 9.99. The highest BCUT2D eigenvalue weighted by Gasteiger charge is 2.22. The van der Waals surface area contributed by atoms with Crippen LogP contribution in [0.25, 0.3) is 0 Å². The van der Waals surface area contributed by atoms with Crippen LogP contribution < -0.4 is 15.4 Å². The van der Waals surface area contributed by atoms with E-state index in [4.69, 9.17) is 4.74 Å². The molecule has 0 unspecified atom stereocenters. The number of nitrogens with one attached hydrogen (secondary N) is 2. The summed E-state index contributed by atoms with van der Waals surface area (Å²) < 4.78 is 5.20. The molecule has 0 atom stereocenters. The summed E-state index contributed by atoms with van der Waals surface area (Å²) in [6.07, 6.45) is 3.25. The third-order valence-electron chi connectivity index (χ3n) is 5.73. The van der Waals surface area contributed by atoms with Crippen molar-refractivity contribution in [1.29, 1.82) is 0 Å². The van der Waals surface area contributed by atoms with Crippen molar-refractivity contribution in [1.82, 2.24) is 10.2 Å². The van der Waals surface area contributed by atoms with Gasteiger partial charge in [-0.25, -0.2) is 0 Å². The summed E-state index contributed by atoms with van der Waals surface area (Å²) in [5.41, 5.74) is 4.01. The average Bonchev–Trinajstić information content (AvgIpc) is 2.75. The lowest BCUT2D eigenvalue weighted by Gasteiger charge is -2.32. The fourth-order valence-corrected chi connectivity index (χ4v) is 4.04. The van der Waals surface area contributed by atoms with Crippen LogP contribution in [0.2, 0.25) is 0 Å². The molecule has 4 rings (SSSR count). The van der Waals surface area contributed by atoms with Gasteiger partial charge in [0.15, 0.2) is 0 Å². The molecule has 2 aliphatic rings. The number of amides is 2. The molecular weight excluding hydrogens is 418 g/mol. The van der Waals surface area contributed by atoms with Crippen LogP contribution in [0.5, 0.6) is 5.75 Å². The molecule has 0 aliphatic carbocycles. The Morgan fingerprint density at radius 3 is 2.68 bits per heavy atom. The monoisotopic (exact) mass is 447 g/mol. The summed E-state index contributed by atoms with van der Waals surface area (Å²) in [4.78, 5) is 26.5. The molecule has 2 amide bonds. The summed E-state index contributed by atoms with van der Waals surface area (Å²) in [5.74, 6) is 0.740. The van der Waals surface area contributed by atoms with Gasteiger partial charge in [0.25, 0.3) is 5.91 Å². The molecule has 31 heavy (non-hydrogen) atoms. The van der Waals surface area contributed by atoms with Gasteiger partial charge >= 0.3 is 0 Å². The zero-order valence-corrected chi connectivity index (χ0v) is 18.5. The van der Waals surface area contributed by atoms with E-state index in [0.29, 0.717) is 17.7 Å². The van der Waals surface area contributed by atoms with Crippen molar-refractivity contribution in [3.05, 3.63) is 59.2 Å². The number of benzene rings is 2. The first kappa shape index (κ1) is 24.7. The molecule has 0 aromatic heterocycles. The van der Waals surface area contributed by atoms with E-state index in [1.165, 1.54) is 11.1 Å². The number of hydrogen-bond donors (Lipinski definition) is 2. The van der Waals surface area contributed by atoms with Crippen LogP contribution in [0, 0.1) is 0 Å². The second kappa shape index (κ2) is 11.1. The molecule has 1 saturated heterocycles. The maximum atomic E-state index is 12.5. The number of halogens is 1. The number of aryl methyl sites for hydroxylation is 1. The number of nitrogens with zero attached hydrogens (tertiary/aromatic N) is 1. The predicted molar refractivity (Wildman–Crippen MR) is 123 cm³/mol. The molecule has 168 valence electrons. The van der Waals surface area contributed by atoms with Crippen molar-refractivity contribution in [2.75, 3.05) is 25.5 Å². The summed E-state index contributed by atoms with van der Waals surface area (Å²) >= 11 is 0. The summed E-state index contributed by atoms with van der Waals surface area (Å²) in [5, 5.41) is 6.12. The number of carbonyl (C=O) groups excluding carboxylic acids is 2. The third kappa shape index (κ3) is 6.19. The molecule has 0 spiro atoms. The van der Waals surface area contributed by atoms with Gasteiger partial charge in [-0.2, -0.15) is 0 Å². The van der Waals surface area contributed by atoms with Crippen molar-refractivity contribution >= 4 is 29.9 Å². The van der Waals surface area contributed by atoms with E-state index < -0.39 is 0 Å². The molecule has 2 aromatic carbocycles. The first-order valence-corrected chi connectivity index (χ1v) is 10.2. The minimum Gasteiger partial charge on any atom is -0.497 e. The first-order valence-electron chi connectivity index (χ1n) is 10.2. The van der Waals surface area contributed by atoms with Crippen LogP contribution in [0.15, 0.2) is 42.5 Å². The Bertz CT molecular complexity index is 913. The number of ether oxygens (including phenoxy) is 1. The SMILES string of the molecule is COc1cccc(C(=O)NC2CCN(Cc3ccc4c(c3)NC(=O)CC4)CC2)c1.Cl.O. The number of rotatable bonds is 5. The second-order valence-corrected chi connectivity index (χ2v) is 7.80. The highest BCUT2D eigenvalue weighted by atomic mass is 35.5. The topological polar surface area (TPSA) is 102 Å². The number of piperidine rings is 1. The van der Waals surface area contributed by atoms with Crippen molar-refractivity contribution in [3.8, 4) is 5.75 Å². The van der Waals surface area contributed by atoms with Gasteiger partial charge in [-0.05, 0) is 54.7 Å². The van der Waals surface area contributed by atoms with E-state index in [1.54, 1.807) is 13.2 Å². The van der Waals surface area contributed by atoms with Gasteiger partial charge in [0.1, 0.15) is 5.75 Å². The van der Waals surface area contributed by atoms with Crippen LogP contribution >= 0.6 is 12.4 Å². The van der Waals surface area contributed by atoms with Crippen LogP contribution in [-0.2, 0) is 17.8 Å². The van der Waals surface area contributed by atoms with Crippen LogP contribution in [0.3, 0.4) is 0 Å². The molecule has 8 heteroatoms. The Morgan fingerprint density at radius 2 is 1.94 bits per heavy atom. The van der Waals surface area contributed by atoms with E-state index in [2.05, 4.69) is 33.7 Å². The smallest absolute Gasteiger partial charge is 0.251 e. The van der Waals surface area contributed by atoms with Gasteiger partial charge in [-0.1, -0.05) is 18.2 Å². The molecule has 1 fully saturated rings. The fraction of sp³-hybridized carbons (Fsp3) is 0.391. The van der Waals surface area contributed by atoms with Crippen molar-refractivity contribution in [2.24, 2.45) is 0 Å². The van der Waals surface area contributed by atoms with Gasteiger partial charge in [0, 0.05) is 43.3 Å².